The predicted octanol–water partition coefficient (Wildman–Crippen LogP) is 2.25. The van der Waals surface area contributed by atoms with Gasteiger partial charge < -0.3 is 29.3 Å². The summed E-state index contributed by atoms with van der Waals surface area (Å²) in [7, 11) is 1.69. The number of fused-ring (bicyclic) bond motifs is 1. The summed E-state index contributed by atoms with van der Waals surface area (Å²) in [5.74, 6) is 2.65. The fraction of sp³-hybridized carbons (Fsp3) is 0.409. The van der Waals surface area contributed by atoms with Gasteiger partial charge in [-0.25, -0.2) is 0 Å². The Balaban J connectivity index is 1.19. The molecule has 2 aliphatic heterocycles. The second kappa shape index (κ2) is 9.05. The van der Waals surface area contributed by atoms with Crippen LogP contribution in [0.1, 0.15) is 12.0 Å². The average molecular weight is 397 g/mol. The molecule has 1 N–H and O–H groups in total. The van der Waals surface area contributed by atoms with Crippen molar-refractivity contribution < 1.29 is 19.0 Å². The second-order valence-electron chi connectivity index (χ2n) is 7.15. The third-order valence-electron chi connectivity index (χ3n) is 5.34. The summed E-state index contributed by atoms with van der Waals surface area (Å²) in [6.07, 6.45) is 0.499. The van der Waals surface area contributed by atoms with Crippen molar-refractivity contribution in [3.05, 3.63) is 48.0 Å². The lowest BCUT2D eigenvalue weighted by molar-refractivity contribution is -0.131. The van der Waals surface area contributed by atoms with E-state index in [1.165, 1.54) is 0 Å². The van der Waals surface area contributed by atoms with Gasteiger partial charge >= 0.3 is 0 Å². The minimum Gasteiger partial charge on any atom is -0.495 e. The Morgan fingerprint density at radius 1 is 1.07 bits per heavy atom. The Hall–Kier alpha value is -2.93. The van der Waals surface area contributed by atoms with Gasteiger partial charge in [0.2, 0.25) is 12.7 Å². The Labute approximate surface area is 171 Å². The molecule has 2 heterocycles. The van der Waals surface area contributed by atoms with Crippen molar-refractivity contribution in [2.75, 3.05) is 51.5 Å². The number of rotatable bonds is 7. The van der Waals surface area contributed by atoms with E-state index in [-0.39, 0.29) is 12.7 Å². The van der Waals surface area contributed by atoms with Crippen LogP contribution < -0.4 is 24.4 Å². The van der Waals surface area contributed by atoms with E-state index >= 15 is 0 Å². The number of ether oxygens (including phenoxy) is 3. The van der Waals surface area contributed by atoms with Gasteiger partial charge in [-0.3, -0.25) is 4.79 Å². The first-order valence-electron chi connectivity index (χ1n) is 9.99. The Kier molecular flexibility index (Phi) is 6.05. The summed E-state index contributed by atoms with van der Waals surface area (Å²) in [6, 6.07) is 13.9. The van der Waals surface area contributed by atoms with E-state index in [4.69, 9.17) is 14.2 Å². The molecule has 0 aromatic heterocycles. The summed E-state index contributed by atoms with van der Waals surface area (Å²) in [4.78, 5) is 16.8. The molecular formula is C22H27N3O4. The van der Waals surface area contributed by atoms with Crippen LogP contribution in [0.5, 0.6) is 17.2 Å². The molecule has 0 unspecified atom stereocenters. The zero-order chi connectivity index (χ0) is 20.1. The molecule has 7 nitrogen and oxygen atoms in total. The fourth-order valence-corrected chi connectivity index (χ4v) is 3.72. The number of nitrogens with one attached hydrogen (secondary N) is 1. The van der Waals surface area contributed by atoms with Crippen LogP contribution in [0.15, 0.2) is 42.5 Å². The van der Waals surface area contributed by atoms with Crippen LogP contribution in [-0.4, -0.2) is 57.4 Å². The summed E-state index contributed by atoms with van der Waals surface area (Å²) >= 11 is 0. The molecule has 2 aromatic rings. The molecule has 0 spiro atoms. The van der Waals surface area contributed by atoms with Gasteiger partial charge in [0.15, 0.2) is 11.5 Å². The van der Waals surface area contributed by atoms with Gasteiger partial charge in [0.25, 0.3) is 0 Å². The minimum absolute atomic E-state index is 0.197. The largest absolute Gasteiger partial charge is 0.495 e. The minimum atomic E-state index is 0.197. The van der Waals surface area contributed by atoms with E-state index in [0.717, 1.165) is 54.7 Å². The van der Waals surface area contributed by atoms with Gasteiger partial charge in [-0.1, -0.05) is 18.2 Å². The molecule has 1 amide bonds. The van der Waals surface area contributed by atoms with Crippen LogP contribution in [0.3, 0.4) is 0 Å². The highest BCUT2D eigenvalue weighted by molar-refractivity contribution is 5.76. The van der Waals surface area contributed by atoms with Crippen molar-refractivity contribution in [3.63, 3.8) is 0 Å². The summed E-state index contributed by atoms with van der Waals surface area (Å²) in [5, 5.41) is 3.34. The molecule has 29 heavy (non-hydrogen) atoms. The van der Waals surface area contributed by atoms with Crippen LogP contribution in [0, 0.1) is 0 Å². The lowest BCUT2D eigenvalue weighted by Gasteiger charge is -2.36. The molecule has 4 rings (SSSR count). The average Bonchev–Trinajstić information content (AvgIpc) is 3.24. The van der Waals surface area contributed by atoms with E-state index in [1.807, 2.05) is 41.3 Å². The number of methoxy groups -OCH3 is 1. The van der Waals surface area contributed by atoms with E-state index in [2.05, 4.69) is 16.3 Å². The standard InChI is InChI=1S/C22H27N3O4/c1-27-19-5-3-2-4-18(19)24-10-12-25(13-11-24)22(26)8-9-23-15-17-6-7-20-21(14-17)29-16-28-20/h2-7,14,23H,8-13,15-16H2,1H3. The molecule has 154 valence electrons. The number of hydrogen-bond acceptors (Lipinski definition) is 6. The molecule has 1 fully saturated rings. The van der Waals surface area contributed by atoms with Crippen LogP contribution in [-0.2, 0) is 11.3 Å². The number of benzene rings is 2. The van der Waals surface area contributed by atoms with Gasteiger partial charge in [-0.2, -0.15) is 0 Å². The zero-order valence-corrected chi connectivity index (χ0v) is 16.7. The topological polar surface area (TPSA) is 63.3 Å². The Morgan fingerprint density at radius 2 is 1.86 bits per heavy atom. The van der Waals surface area contributed by atoms with Crippen LogP contribution >= 0.6 is 0 Å². The normalized spacial score (nSPS) is 15.5. The zero-order valence-electron chi connectivity index (χ0n) is 16.7. The number of carbonyl (C=O) groups is 1. The smallest absolute Gasteiger partial charge is 0.231 e. The summed E-state index contributed by atoms with van der Waals surface area (Å²) < 4.78 is 16.2. The van der Waals surface area contributed by atoms with E-state index in [0.29, 0.717) is 19.5 Å². The third-order valence-corrected chi connectivity index (χ3v) is 5.34. The summed E-state index contributed by atoms with van der Waals surface area (Å²) in [5.41, 5.74) is 2.21. The first kappa shape index (κ1) is 19.4. The fourth-order valence-electron chi connectivity index (χ4n) is 3.72. The van der Waals surface area contributed by atoms with Crippen molar-refractivity contribution in [1.29, 1.82) is 0 Å². The first-order valence-corrected chi connectivity index (χ1v) is 9.99. The Bertz CT molecular complexity index is 850. The number of anilines is 1. The third kappa shape index (κ3) is 4.56. The molecule has 2 aliphatic rings. The molecular weight excluding hydrogens is 370 g/mol. The van der Waals surface area contributed by atoms with Crippen LogP contribution in [0.25, 0.3) is 0 Å². The molecule has 0 atom stereocenters. The van der Waals surface area contributed by atoms with Gasteiger partial charge in [0, 0.05) is 45.7 Å². The molecule has 0 radical (unpaired) electrons. The molecule has 0 aliphatic carbocycles. The Morgan fingerprint density at radius 3 is 2.69 bits per heavy atom. The number of nitrogens with zero attached hydrogens (tertiary/aromatic N) is 2. The van der Waals surface area contributed by atoms with Crippen molar-refractivity contribution in [1.82, 2.24) is 10.2 Å². The number of amides is 1. The summed E-state index contributed by atoms with van der Waals surface area (Å²) in [6.45, 7) is 4.74. The molecule has 2 aromatic carbocycles. The van der Waals surface area contributed by atoms with E-state index < -0.39 is 0 Å². The lowest BCUT2D eigenvalue weighted by atomic mass is 10.2. The van der Waals surface area contributed by atoms with Gasteiger partial charge in [-0.15, -0.1) is 0 Å². The second-order valence-corrected chi connectivity index (χ2v) is 7.15. The van der Waals surface area contributed by atoms with Crippen LogP contribution in [0.2, 0.25) is 0 Å². The SMILES string of the molecule is COc1ccccc1N1CCN(C(=O)CCNCc2ccc3c(c2)OCO3)CC1. The van der Waals surface area contributed by atoms with Crippen molar-refractivity contribution in [2.24, 2.45) is 0 Å². The lowest BCUT2D eigenvalue weighted by Crippen LogP contribution is -2.49. The first-order chi connectivity index (χ1) is 14.2. The van der Waals surface area contributed by atoms with Gasteiger partial charge in [0.1, 0.15) is 5.75 Å². The maximum absolute atomic E-state index is 12.5. The van der Waals surface area contributed by atoms with Crippen molar-refractivity contribution in [3.8, 4) is 17.2 Å². The quantitative estimate of drug-likeness (QED) is 0.723. The maximum atomic E-state index is 12.5. The maximum Gasteiger partial charge on any atom is 0.231 e. The van der Waals surface area contributed by atoms with Crippen molar-refractivity contribution >= 4 is 11.6 Å². The highest BCUT2D eigenvalue weighted by Gasteiger charge is 2.22. The number of hydrogen-bond donors (Lipinski definition) is 1. The monoisotopic (exact) mass is 397 g/mol. The predicted molar refractivity (Wildman–Crippen MR) is 111 cm³/mol. The number of piperazine rings is 1. The van der Waals surface area contributed by atoms with E-state index in [1.54, 1.807) is 7.11 Å². The van der Waals surface area contributed by atoms with Crippen molar-refractivity contribution in [2.45, 2.75) is 13.0 Å². The number of carbonyl (C=O) groups excluding carboxylic acids is 1. The highest BCUT2D eigenvalue weighted by Crippen LogP contribution is 2.32. The molecule has 1 saturated heterocycles. The molecule has 7 heteroatoms. The van der Waals surface area contributed by atoms with E-state index in [9.17, 15) is 4.79 Å². The molecule has 0 saturated carbocycles. The van der Waals surface area contributed by atoms with Gasteiger partial charge in [0.05, 0.1) is 12.8 Å². The number of para-hydroxylation sites is 2. The van der Waals surface area contributed by atoms with Gasteiger partial charge in [-0.05, 0) is 29.8 Å². The molecule has 0 bridgehead atoms. The highest BCUT2D eigenvalue weighted by atomic mass is 16.7. The van der Waals surface area contributed by atoms with Crippen LogP contribution in [0.4, 0.5) is 5.69 Å².